The molecule has 4 rings (SSSR count). The van der Waals surface area contributed by atoms with E-state index in [1.54, 1.807) is 7.11 Å². The summed E-state index contributed by atoms with van der Waals surface area (Å²) in [5, 5.41) is 2.97. The van der Waals surface area contributed by atoms with Crippen molar-refractivity contribution >= 4 is 5.91 Å². The van der Waals surface area contributed by atoms with Crippen LogP contribution >= 0.6 is 0 Å². The van der Waals surface area contributed by atoms with E-state index in [9.17, 15) is 4.79 Å². The van der Waals surface area contributed by atoms with Crippen molar-refractivity contribution in [2.24, 2.45) is 0 Å². The molecule has 0 radical (unpaired) electrons. The number of carbonyl (C=O) groups excluding carboxylic acids is 1. The maximum atomic E-state index is 12.5. The Morgan fingerprint density at radius 1 is 1.11 bits per heavy atom. The molecule has 0 aliphatic carbocycles. The Morgan fingerprint density at radius 2 is 1.85 bits per heavy atom. The van der Waals surface area contributed by atoms with E-state index in [1.807, 2.05) is 44.2 Å². The fourth-order valence-electron chi connectivity index (χ4n) is 3.52. The third-order valence-electron chi connectivity index (χ3n) is 4.73. The second kappa shape index (κ2) is 6.83. The zero-order valence-electron chi connectivity index (χ0n) is 15.5. The summed E-state index contributed by atoms with van der Waals surface area (Å²) in [6.07, 6.45) is 0.645. The molecule has 0 saturated heterocycles. The second-order valence-corrected chi connectivity index (χ2v) is 6.74. The first-order valence-electron chi connectivity index (χ1n) is 8.88. The highest BCUT2D eigenvalue weighted by Crippen LogP contribution is 2.31. The molecule has 7 heteroatoms. The maximum absolute atomic E-state index is 12.5. The van der Waals surface area contributed by atoms with Crippen LogP contribution in [0.15, 0.2) is 30.3 Å². The van der Waals surface area contributed by atoms with Crippen LogP contribution in [0.4, 0.5) is 0 Å². The van der Waals surface area contributed by atoms with Crippen LogP contribution in [0.3, 0.4) is 0 Å². The van der Waals surface area contributed by atoms with Crippen molar-refractivity contribution in [1.82, 2.24) is 25.3 Å². The van der Waals surface area contributed by atoms with Crippen LogP contribution in [0.5, 0.6) is 5.75 Å². The van der Waals surface area contributed by atoms with Gasteiger partial charge in [-0.25, -0.2) is 15.0 Å². The number of imidazole rings is 1. The smallest absolute Gasteiger partial charge is 0.271 e. The molecule has 3 aromatic rings. The van der Waals surface area contributed by atoms with Crippen LogP contribution in [-0.4, -0.2) is 39.5 Å². The SMILES string of the molecule is COc1ccccc1[C@H]1CNC(=O)c2nc(-c3nc(C)cc(C)n3)[nH]c2C1. The van der Waals surface area contributed by atoms with E-state index < -0.39 is 0 Å². The average molecular weight is 363 g/mol. The van der Waals surface area contributed by atoms with Gasteiger partial charge < -0.3 is 15.0 Å². The molecule has 2 aromatic heterocycles. The second-order valence-electron chi connectivity index (χ2n) is 6.74. The van der Waals surface area contributed by atoms with Crippen molar-refractivity contribution in [2.75, 3.05) is 13.7 Å². The Morgan fingerprint density at radius 3 is 2.59 bits per heavy atom. The summed E-state index contributed by atoms with van der Waals surface area (Å²) < 4.78 is 5.50. The molecule has 0 bridgehead atoms. The molecule has 138 valence electrons. The maximum Gasteiger partial charge on any atom is 0.271 e. The number of rotatable bonds is 3. The first-order chi connectivity index (χ1) is 13.0. The average Bonchev–Trinajstić information content (AvgIpc) is 3.01. The number of hydrogen-bond donors (Lipinski definition) is 2. The van der Waals surface area contributed by atoms with Gasteiger partial charge in [0, 0.05) is 29.5 Å². The Labute approximate surface area is 157 Å². The van der Waals surface area contributed by atoms with E-state index in [-0.39, 0.29) is 11.8 Å². The van der Waals surface area contributed by atoms with E-state index in [1.165, 1.54) is 0 Å². The number of aromatic nitrogens is 4. The zero-order chi connectivity index (χ0) is 19.0. The van der Waals surface area contributed by atoms with Crippen molar-refractivity contribution in [3.8, 4) is 17.4 Å². The Kier molecular flexibility index (Phi) is 4.35. The summed E-state index contributed by atoms with van der Waals surface area (Å²) in [4.78, 5) is 29.2. The number of nitrogens with one attached hydrogen (secondary N) is 2. The lowest BCUT2D eigenvalue weighted by Gasteiger charge is -2.17. The number of hydrogen-bond acceptors (Lipinski definition) is 5. The summed E-state index contributed by atoms with van der Waals surface area (Å²) in [7, 11) is 1.66. The predicted octanol–water partition coefficient (Wildman–Crippen LogP) is 2.56. The number of benzene rings is 1. The number of H-pyrrole nitrogens is 1. The molecule has 0 spiro atoms. The minimum Gasteiger partial charge on any atom is -0.496 e. The minimum absolute atomic E-state index is 0.0832. The van der Waals surface area contributed by atoms with Crippen molar-refractivity contribution in [1.29, 1.82) is 0 Å². The van der Waals surface area contributed by atoms with Crippen molar-refractivity contribution in [2.45, 2.75) is 26.2 Å². The number of methoxy groups -OCH3 is 1. The third kappa shape index (κ3) is 3.28. The molecule has 1 amide bonds. The largest absolute Gasteiger partial charge is 0.496 e. The lowest BCUT2D eigenvalue weighted by Crippen LogP contribution is -2.26. The van der Waals surface area contributed by atoms with Gasteiger partial charge in [0.25, 0.3) is 5.91 Å². The molecule has 0 saturated carbocycles. The van der Waals surface area contributed by atoms with Crippen molar-refractivity contribution < 1.29 is 9.53 Å². The number of ether oxygens (including phenoxy) is 1. The Hall–Kier alpha value is -3.22. The molecule has 1 aliphatic rings. The van der Waals surface area contributed by atoms with E-state index in [2.05, 4.69) is 25.3 Å². The van der Waals surface area contributed by atoms with Gasteiger partial charge in [0.05, 0.1) is 7.11 Å². The summed E-state index contributed by atoms with van der Waals surface area (Å²) in [6, 6.07) is 9.79. The first kappa shape index (κ1) is 17.2. The third-order valence-corrected chi connectivity index (χ3v) is 4.73. The van der Waals surface area contributed by atoms with Gasteiger partial charge >= 0.3 is 0 Å². The number of aryl methyl sites for hydroxylation is 2. The topological polar surface area (TPSA) is 92.8 Å². The van der Waals surface area contributed by atoms with Gasteiger partial charge in [0.15, 0.2) is 11.6 Å². The van der Waals surface area contributed by atoms with Gasteiger partial charge in [-0.3, -0.25) is 4.79 Å². The molecule has 1 aromatic carbocycles. The highest BCUT2D eigenvalue weighted by atomic mass is 16.5. The van der Waals surface area contributed by atoms with Crippen LogP contribution in [0, 0.1) is 13.8 Å². The Balaban J connectivity index is 1.73. The highest BCUT2D eigenvalue weighted by molar-refractivity contribution is 5.94. The van der Waals surface area contributed by atoms with Crippen LogP contribution in [0.1, 0.15) is 39.1 Å². The van der Waals surface area contributed by atoms with Gasteiger partial charge in [-0.15, -0.1) is 0 Å². The molecule has 27 heavy (non-hydrogen) atoms. The molecule has 0 fully saturated rings. The summed E-state index contributed by atoms with van der Waals surface area (Å²) in [6.45, 7) is 4.35. The van der Waals surface area contributed by atoms with Crippen LogP contribution in [-0.2, 0) is 6.42 Å². The molecule has 1 aliphatic heterocycles. The van der Waals surface area contributed by atoms with Gasteiger partial charge in [-0.2, -0.15) is 0 Å². The fourth-order valence-corrected chi connectivity index (χ4v) is 3.52. The Bertz CT molecular complexity index is 991. The lowest BCUT2D eigenvalue weighted by atomic mass is 9.93. The van der Waals surface area contributed by atoms with Gasteiger partial charge in [0.2, 0.25) is 0 Å². The number of aromatic amines is 1. The molecular formula is C20H21N5O2. The van der Waals surface area contributed by atoms with Crippen molar-refractivity contribution in [3.05, 3.63) is 58.7 Å². The lowest BCUT2D eigenvalue weighted by molar-refractivity contribution is 0.0950. The monoisotopic (exact) mass is 363 g/mol. The number of fused-ring (bicyclic) bond motifs is 1. The normalized spacial score (nSPS) is 16.4. The standard InChI is InChI=1S/C20H21N5O2/c1-11-8-12(2)23-18(22-11)19-24-15-9-13(10-21-20(26)17(15)25-19)14-6-4-5-7-16(14)27-3/h4-8,13H,9-10H2,1-3H3,(H,21,26)(H,24,25)/t13-/m1/s1. The highest BCUT2D eigenvalue weighted by Gasteiger charge is 2.28. The van der Waals surface area contributed by atoms with Gasteiger partial charge in [0.1, 0.15) is 11.4 Å². The van der Waals surface area contributed by atoms with Crippen LogP contribution < -0.4 is 10.1 Å². The minimum atomic E-state index is -0.186. The zero-order valence-corrected chi connectivity index (χ0v) is 15.5. The fraction of sp³-hybridized carbons (Fsp3) is 0.300. The first-order valence-corrected chi connectivity index (χ1v) is 8.88. The summed E-state index contributed by atoms with van der Waals surface area (Å²) >= 11 is 0. The molecular weight excluding hydrogens is 342 g/mol. The van der Waals surface area contributed by atoms with E-state index in [0.29, 0.717) is 30.3 Å². The summed E-state index contributed by atoms with van der Waals surface area (Å²) in [5.41, 5.74) is 3.98. The number of amides is 1. The number of para-hydroxylation sites is 1. The molecule has 1 atom stereocenters. The van der Waals surface area contributed by atoms with E-state index in [0.717, 1.165) is 28.4 Å². The van der Waals surface area contributed by atoms with E-state index >= 15 is 0 Å². The van der Waals surface area contributed by atoms with Crippen LogP contribution in [0.25, 0.3) is 11.6 Å². The number of nitrogens with zero attached hydrogens (tertiary/aromatic N) is 3. The summed E-state index contributed by atoms with van der Waals surface area (Å²) in [5.74, 6) is 1.73. The quantitative estimate of drug-likeness (QED) is 0.746. The number of carbonyl (C=O) groups is 1. The molecule has 0 unspecified atom stereocenters. The van der Waals surface area contributed by atoms with Crippen LogP contribution in [0.2, 0.25) is 0 Å². The van der Waals surface area contributed by atoms with Crippen molar-refractivity contribution in [3.63, 3.8) is 0 Å². The molecule has 3 heterocycles. The van der Waals surface area contributed by atoms with E-state index in [4.69, 9.17) is 4.74 Å². The van der Waals surface area contributed by atoms with Gasteiger partial charge in [-0.05, 0) is 38.0 Å². The predicted molar refractivity (Wildman–Crippen MR) is 101 cm³/mol. The molecule has 2 N–H and O–H groups in total. The molecule has 7 nitrogen and oxygen atoms in total. The van der Waals surface area contributed by atoms with Gasteiger partial charge in [-0.1, -0.05) is 18.2 Å².